The van der Waals surface area contributed by atoms with Crippen molar-refractivity contribution >= 4 is 15.9 Å². The standard InChI is InChI=1S/C19H22N2.C7H8O2S.C4H10O/c1-13-4-8-17(9-5-13)21-18-10-16-7-6-14(2)19(16,3)11-15(18)12-20-21;1-10(8,9)7-5-3-2-4-6-7;1-3-4(2)5/h4-5,8-10,12,14H,6-7,11H2,1-3H3;2-6H,1H3;4-5H,3H2,1-2H3. The first-order chi connectivity index (χ1) is 17.0. The van der Waals surface area contributed by atoms with Crippen molar-refractivity contribution in [2.24, 2.45) is 11.3 Å². The van der Waals surface area contributed by atoms with E-state index in [9.17, 15) is 8.42 Å². The van der Waals surface area contributed by atoms with E-state index < -0.39 is 9.84 Å². The number of allylic oxidation sites excluding steroid dienone is 1. The fourth-order valence-electron chi connectivity index (χ4n) is 4.62. The van der Waals surface area contributed by atoms with Gasteiger partial charge in [-0.15, -0.1) is 0 Å². The lowest BCUT2D eigenvalue weighted by molar-refractivity contribution is 0.191. The SMILES string of the molecule is CCC(C)O.CS(=O)(=O)c1ccccc1.Cc1ccc(-n2ncc3c2C=C2CCC(C)C2(C)C3)cc1. The monoisotopic (exact) mass is 508 g/mol. The number of rotatable bonds is 3. The Bertz CT molecular complexity index is 1280. The number of hydrogen-bond donors (Lipinski definition) is 1. The zero-order chi connectivity index (χ0) is 26.5. The Labute approximate surface area is 216 Å². The lowest BCUT2D eigenvalue weighted by Crippen LogP contribution is -2.27. The molecular weight excluding hydrogens is 468 g/mol. The molecule has 36 heavy (non-hydrogen) atoms. The molecule has 0 saturated heterocycles. The normalized spacial score (nSPS) is 21.1. The molecule has 1 heterocycles. The number of aliphatic hydroxyl groups is 1. The maximum atomic E-state index is 10.8. The number of hydrogen-bond acceptors (Lipinski definition) is 4. The van der Waals surface area contributed by atoms with Crippen LogP contribution in [0.3, 0.4) is 0 Å². The van der Waals surface area contributed by atoms with Crippen LogP contribution in [-0.4, -0.2) is 35.7 Å². The van der Waals surface area contributed by atoms with Gasteiger partial charge in [-0.05, 0) is 86.8 Å². The van der Waals surface area contributed by atoms with Crippen molar-refractivity contribution in [3.63, 3.8) is 0 Å². The maximum Gasteiger partial charge on any atom is 0.175 e. The highest BCUT2D eigenvalue weighted by atomic mass is 32.2. The summed E-state index contributed by atoms with van der Waals surface area (Å²) in [5, 5.41) is 13.0. The Kier molecular flexibility index (Phi) is 8.96. The number of aromatic nitrogens is 2. The largest absolute Gasteiger partial charge is 0.393 e. The summed E-state index contributed by atoms with van der Waals surface area (Å²) in [6.45, 7) is 10.7. The molecule has 1 fully saturated rings. The van der Waals surface area contributed by atoms with Gasteiger partial charge in [0.1, 0.15) is 0 Å². The Morgan fingerprint density at radius 1 is 1.14 bits per heavy atom. The summed E-state index contributed by atoms with van der Waals surface area (Å²) >= 11 is 0. The predicted molar refractivity (Wildman–Crippen MR) is 148 cm³/mol. The summed E-state index contributed by atoms with van der Waals surface area (Å²) < 4.78 is 23.8. The van der Waals surface area contributed by atoms with Crippen LogP contribution in [0.25, 0.3) is 11.8 Å². The van der Waals surface area contributed by atoms with Gasteiger partial charge in [0.2, 0.25) is 0 Å². The first-order valence-corrected chi connectivity index (χ1v) is 14.6. The molecule has 2 aromatic carbocycles. The summed E-state index contributed by atoms with van der Waals surface area (Å²) in [5.74, 6) is 0.777. The van der Waals surface area contributed by atoms with Gasteiger partial charge in [-0.2, -0.15) is 5.10 Å². The number of fused-ring (bicyclic) bond motifs is 2. The average Bonchev–Trinajstić information content (AvgIpc) is 3.38. The molecule has 5 nitrogen and oxygen atoms in total. The van der Waals surface area contributed by atoms with E-state index in [0.29, 0.717) is 10.3 Å². The second-order valence-electron chi connectivity index (χ2n) is 10.3. The van der Waals surface area contributed by atoms with Crippen molar-refractivity contribution in [2.75, 3.05) is 6.26 Å². The average molecular weight is 509 g/mol. The summed E-state index contributed by atoms with van der Waals surface area (Å²) in [6.07, 6.45) is 10.1. The van der Waals surface area contributed by atoms with E-state index >= 15 is 0 Å². The maximum absolute atomic E-state index is 10.8. The van der Waals surface area contributed by atoms with Crippen molar-refractivity contribution in [1.29, 1.82) is 0 Å². The topological polar surface area (TPSA) is 72.2 Å². The van der Waals surface area contributed by atoms with Crippen molar-refractivity contribution in [3.05, 3.63) is 83.2 Å². The van der Waals surface area contributed by atoms with Crippen LogP contribution in [0.5, 0.6) is 0 Å². The number of nitrogens with zero attached hydrogens (tertiary/aromatic N) is 2. The van der Waals surface area contributed by atoms with Crippen LogP contribution in [0.1, 0.15) is 63.8 Å². The quantitative estimate of drug-likeness (QED) is 0.443. The minimum atomic E-state index is -3.00. The minimum absolute atomic E-state index is 0.116. The zero-order valence-electron chi connectivity index (χ0n) is 22.4. The van der Waals surface area contributed by atoms with E-state index in [4.69, 9.17) is 5.11 Å². The van der Waals surface area contributed by atoms with Gasteiger partial charge in [0.05, 0.1) is 28.6 Å². The van der Waals surface area contributed by atoms with Gasteiger partial charge in [-0.1, -0.05) is 62.2 Å². The third-order valence-corrected chi connectivity index (χ3v) is 8.59. The van der Waals surface area contributed by atoms with Gasteiger partial charge in [-0.3, -0.25) is 0 Å². The first-order valence-electron chi connectivity index (χ1n) is 12.7. The van der Waals surface area contributed by atoms with Crippen LogP contribution in [0.4, 0.5) is 0 Å². The Hall–Kier alpha value is -2.70. The number of sulfone groups is 1. The van der Waals surface area contributed by atoms with E-state index in [-0.39, 0.29) is 6.10 Å². The molecule has 5 rings (SSSR count). The molecule has 1 aromatic heterocycles. The summed E-state index contributed by atoms with van der Waals surface area (Å²) in [7, 11) is -3.00. The second kappa shape index (κ2) is 11.6. The van der Waals surface area contributed by atoms with E-state index in [1.165, 1.54) is 35.9 Å². The van der Waals surface area contributed by atoms with Crippen LogP contribution in [0.2, 0.25) is 0 Å². The zero-order valence-corrected chi connectivity index (χ0v) is 23.2. The van der Waals surface area contributed by atoms with E-state index in [2.05, 4.69) is 67.1 Å². The molecule has 1 N–H and O–H groups in total. The number of aryl methyl sites for hydroxylation is 1. The first kappa shape index (κ1) is 27.9. The van der Waals surface area contributed by atoms with Gasteiger partial charge in [-0.25, -0.2) is 13.1 Å². The summed E-state index contributed by atoms with van der Waals surface area (Å²) in [4.78, 5) is 0.370. The molecule has 6 heteroatoms. The lowest BCUT2D eigenvalue weighted by atomic mass is 9.70. The molecule has 194 valence electrons. The molecule has 0 aliphatic heterocycles. The molecule has 2 aliphatic rings. The Morgan fingerprint density at radius 2 is 1.75 bits per heavy atom. The molecule has 3 aromatic rings. The highest BCUT2D eigenvalue weighted by Gasteiger charge is 2.43. The van der Waals surface area contributed by atoms with Gasteiger partial charge < -0.3 is 5.11 Å². The molecule has 2 aliphatic carbocycles. The van der Waals surface area contributed by atoms with Gasteiger partial charge in [0.25, 0.3) is 0 Å². The molecular formula is C30H40N2O3S. The molecule has 0 spiro atoms. The molecule has 3 unspecified atom stereocenters. The highest BCUT2D eigenvalue weighted by molar-refractivity contribution is 7.90. The van der Waals surface area contributed by atoms with Crippen molar-refractivity contribution < 1.29 is 13.5 Å². The van der Waals surface area contributed by atoms with Gasteiger partial charge >= 0.3 is 0 Å². The van der Waals surface area contributed by atoms with Crippen LogP contribution in [-0.2, 0) is 16.3 Å². The molecule has 0 radical (unpaired) electrons. The van der Waals surface area contributed by atoms with Crippen LogP contribution in [0.15, 0.2) is 71.3 Å². The third kappa shape index (κ3) is 6.54. The van der Waals surface area contributed by atoms with Crippen LogP contribution in [0, 0.1) is 18.3 Å². The molecule has 3 atom stereocenters. The molecule has 1 saturated carbocycles. The summed E-state index contributed by atoms with van der Waals surface area (Å²) in [6, 6.07) is 17.0. The predicted octanol–water partition coefficient (Wildman–Crippen LogP) is 6.42. The minimum Gasteiger partial charge on any atom is -0.393 e. The van der Waals surface area contributed by atoms with Gasteiger partial charge in [0.15, 0.2) is 9.84 Å². The lowest BCUT2D eigenvalue weighted by Gasteiger charge is -2.34. The molecule has 0 amide bonds. The fraction of sp³-hybridized carbons (Fsp3) is 0.433. The van der Waals surface area contributed by atoms with Crippen LogP contribution < -0.4 is 0 Å². The second-order valence-corrected chi connectivity index (χ2v) is 12.4. The van der Waals surface area contributed by atoms with Crippen molar-refractivity contribution in [2.45, 2.75) is 71.3 Å². The highest BCUT2D eigenvalue weighted by Crippen LogP contribution is 2.52. The fourth-order valence-corrected chi connectivity index (χ4v) is 5.27. The van der Waals surface area contributed by atoms with E-state index in [1.54, 1.807) is 42.8 Å². The Morgan fingerprint density at radius 3 is 2.28 bits per heavy atom. The third-order valence-electron chi connectivity index (χ3n) is 7.46. The van der Waals surface area contributed by atoms with Gasteiger partial charge in [0, 0.05) is 6.26 Å². The van der Waals surface area contributed by atoms with Crippen LogP contribution >= 0.6 is 0 Å². The van der Waals surface area contributed by atoms with E-state index in [1.807, 2.05) is 6.92 Å². The van der Waals surface area contributed by atoms with Crippen molar-refractivity contribution in [3.8, 4) is 5.69 Å². The number of aliphatic hydroxyl groups excluding tert-OH is 1. The molecule has 0 bridgehead atoms. The van der Waals surface area contributed by atoms with Crippen molar-refractivity contribution in [1.82, 2.24) is 9.78 Å². The smallest absolute Gasteiger partial charge is 0.175 e. The van der Waals surface area contributed by atoms with E-state index in [0.717, 1.165) is 24.4 Å². The number of benzene rings is 2. The summed E-state index contributed by atoms with van der Waals surface area (Å²) in [5.41, 5.74) is 7.12. The Balaban J connectivity index is 0.000000201.